The quantitative estimate of drug-likeness (QED) is 0.761. The van der Waals surface area contributed by atoms with E-state index < -0.39 is 12.1 Å². The summed E-state index contributed by atoms with van der Waals surface area (Å²) < 4.78 is 4.48. The molecule has 0 heterocycles. The Kier molecular flexibility index (Phi) is 6.08. The van der Waals surface area contributed by atoms with Gasteiger partial charge in [-0.1, -0.05) is 27.2 Å². The molecule has 0 radical (unpaired) electrons. The van der Waals surface area contributed by atoms with Crippen molar-refractivity contribution < 1.29 is 14.3 Å². The van der Waals surface area contributed by atoms with Crippen LogP contribution < -0.4 is 5.32 Å². The van der Waals surface area contributed by atoms with Crippen LogP contribution in [-0.2, 0) is 9.53 Å². The van der Waals surface area contributed by atoms with Gasteiger partial charge in [-0.25, -0.2) is 4.79 Å². The van der Waals surface area contributed by atoms with Crippen LogP contribution in [0, 0.1) is 5.41 Å². The molecule has 0 saturated carbocycles. The molecular weight excluding hydrogens is 206 g/mol. The highest BCUT2D eigenvalue weighted by Crippen LogP contribution is 2.29. The molecule has 1 N–H and O–H groups in total. The summed E-state index contributed by atoms with van der Waals surface area (Å²) in [6.45, 7) is 7.70. The lowest BCUT2D eigenvalue weighted by Crippen LogP contribution is -2.45. The van der Waals surface area contributed by atoms with Crippen LogP contribution in [0.5, 0.6) is 0 Å². The summed E-state index contributed by atoms with van der Waals surface area (Å²) in [6, 6.07) is -0.496. The minimum atomic E-state index is -0.559. The Morgan fingerprint density at radius 2 is 1.94 bits per heavy atom. The van der Waals surface area contributed by atoms with Crippen molar-refractivity contribution in [2.24, 2.45) is 5.41 Å². The highest BCUT2D eigenvalue weighted by Gasteiger charge is 2.34. The molecule has 0 aromatic carbocycles. The second-order valence-corrected chi connectivity index (χ2v) is 4.39. The van der Waals surface area contributed by atoms with Crippen molar-refractivity contribution >= 4 is 11.9 Å². The molecular formula is C12H23NO3. The number of nitrogens with one attached hydrogen (secondary N) is 1. The number of alkyl carbamates (subject to hydrolysis) is 1. The van der Waals surface area contributed by atoms with E-state index in [1.165, 1.54) is 7.11 Å². The molecule has 0 fully saturated rings. The summed E-state index contributed by atoms with van der Waals surface area (Å²) in [4.78, 5) is 23.2. The van der Waals surface area contributed by atoms with E-state index in [4.69, 9.17) is 0 Å². The van der Waals surface area contributed by atoms with Crippen molar-refractivity contribution in [2.45, 2.75) is 53.0 Å². The van der Waals surface area contributed by atoms with Gasteiger partial charge in [0.15, 0.2) is 5.78 Å². The van der Waals surface area contributed by atoms with Crippen LogP contribution in [-0.4, -0.2) is 25.0 Å². The van der Waals surface area contributed by atoms with Crippen molar-refractivity contribution in [1.29, 1.82) is 0 Å². The summed E-state index contributed by atoms with van der Waals surface area (Å²) in [7, 11) is 1.29. The Labute approximate surface area is 97.7 Å². The Morgan fingerprint density at radius 1 is 1.38 bits per heavy atom. The maximum Gasteiger partial charge on any atom is 0.407 e. The first-order valence-corrected chi connectivity index (χ1v) is 5.80. The van der Waals surface area contributed by atoms with Crippen molar-refractivity contribution in [2.75, 3.05) is 7.11 Å². The number of carbonyl (C=O) groups excluding carboxylic acids is 2. The van der Waals surface area contributed by atoms with E-state index in [2.05, 4.69) is 17.0 Å². The molecule has 1 unspecified atom stereocenters. The third-order valence-corrected chi connectivity index (χ3v) is 3.09. The van der Waals surface area contributed by atoms with Crippen molar-refractivity contribution in [1.82, 2.24) is 5.32 Å². The molecule has 0 bridgehead atoms. The average Bonchev–Trinajstić information content (AvgIpc) is 2.27. The summed E-state index contributed by atoms with van der Waals surface area (Å²) in [6.07, 6.45) is 2.03. The van der Waals surface area contributed by atoms with Gasteiger partial charge in [0.2, 0.25) is 0 Å². The summed E-state index contributed by atoms with van der Waals surface area (Å²) >= 11 is 0. The standard InChI is InChI=1S/C12H23NO3/c1-6-8-12(4,7-2)10(14)9(3)13-11(15)16-5/h9H,6-8H2,1-5H3,(H,13,15)/t9-,12?/m0/s1. The molecule has 1 amide bonds. The lowest BCUT2D eigenvalue weighted by atomic mass is 9.76. The fourth-order valence-corrected chi connectivity index (χ4v) is 1.85. The summed E-state index contributed by atoms with van der Waals surface area (Å²) in [5.41, 5.74) is -0.352. The molecule has 0 aromatic rings. The topological polar surface area (TPSA) is 55.4 Å². The zero-order valence-corrected chi connectivity index (χ0v) is 10.9. The zero-order valence-electron chi connectivity index (χ0n) is 10.9. The van der Waals surface area contributed by atoms with Crippen LogP contribution in [0.15, 0.2) is 0 Å². The number of rotatable bonds is 6. The normalized spacial score (nSPS) is 16.1. The molecule has 4 heteroatoms. The molecule has 94 valence electrons. The predicted molar refractivity (Wildman–Crippen MR) is 63.3 cm³/mol. The molecule has 0 aliphatic rings. The minimum Gasteiger partial charge on any atom is -0.453 e. The van der Waals surface area contributed by atoms with Gasteiger partial charge in [0.05, 0.1) is 13.2 Å². The van der Waals surface area contributed by atoms with E-state index >= 15 is 0 Å². The smallest absolute Gasteiger partial charge is 0.407 e. The number of hydrogen-bond acceptors (Lipinski definition) is 3. The Hall–Kier alpha value is -1.06. The maximum absolute atomic E-state index is 12.2. The molecule has 0 aromatic heterocycles. The molecule has 0 spiro atoms. The minimum absolute atomic E-state index is 0.0715. The van der Waals surface area contributed by atoms with E-state index in [9.17, 15) is 9.59 Å². The molecule has 0 rings (SSSR count). The number of hydrogen-bond donors (Lipinski definition) is 1. The van der Waals surface area contributed by atoms with Crippen LogP contribution in [0.2, 0.25) is 0 Å². The average molecular weight is 229 g/mol. The first kappa shape index (κ1) is 14.9. The second-order valence-electron chi connectivity index (χ2n) is 4.39. The monoisotopic (exact) mass is 229 g/mol. The SMILES string of the molecule is CCCC(C)(CC)C(=O)[C@H](C)NC(=O)OC. The Morgan fingerprint density at radius 3 is 2.31 bits per heavy atom. The van der Waals surface area contributed by atoms with Gasteiger partial charge in [0.25, 0.3) is 0 Å². The largest absolute Gasteiger partial charge is 0.453 e. The van der Waals surface area contributed by atoms with Gasteiger partial charge >= 0.3 is 6.09 Å². The molecule has 0 aliphatic carbocycles. The van der Waals surface area contributed by atoms with Crippen molar-refractivity contribution in [3.63, 3.8) is 0 Å². The predicted octanol–water partition coefficient (Wildman–Crippen LogP) is 2.52. The van der Waals surface area contributed by atoms with Gasteiger partial charge in [-0.3, -0.25) is 4.79 Å². The lowest BCUT2D eigenvalue weighted by molar-refractivity contribution is -0.130. The zero-order chi connectivity index (χ0) is 12.8. The Balaban J connectivity index is 4.56. The van der Waals surface area contributed by atoms with E-state index in [-0.39, 0.29) is 11.2 Å². The summed E-state index contributed by atoms with van der Waals surface area (Å²) in [5, 5.41) is 2.52. The van der Waals surface area contributed by atoms with Crippen molar-refractivity contribution in [3.05, 3.63) is 0 Å². The van der Waals surface area contributed by atoms with E-state index in [1.807, 2.05) is 13.8 Å². The fourth-order valence-electron chi connectivity index (χ4n) is 1.85. The van der Waals surface area contributed by atoms with Crippen LogP contribution in [0.25, 0.3) is 0 Å². The second kappa shape index (κ2) is 6.51. The fraction of sp³-hybridized carbons (Fsp3) is 0.833. The van der Waals surface area contributed by atoms with E-state index in [0.29, 0.717) is 0 Å². The lowest BCUT2D eigenvalue weighted by Gasteiger charge is -2.29. The van der Waals surface area contributed by atoms with Crippen LogP contribution in [0.4, 0.5) is 4.79 Å². The third-order valence-electron chi connectivity index (χ3n) is 3.09. The first-order valence-electron chi connectivity index (χ1n) is 5.80. The number of Topliss-reactive ketones (excluding diaryl/α,β-unsaturated/α-hetero) is 1. The first-order chi connectivity index (χ1) is 7.41. The van der Waals surface area contributed by atoms with Gasteiger partial charge in [-0.15, -0.1) is 0 Å². The van der Waals surface area contributed by atoms with E-state index in [1.54, 1.807) is 6.92 Å². The van der Waals surface area contributed by atoms with Crippen molar-refractivity contribution in [3.8, 4) is 0 Å². The molecule has 2 atom stereocenters. The highest BCUT2D eigenvalue weighted by molar-refractivity contribution is 5.91. The van der Waals surface area contributed by atoms with Crippen LogP contribution in [0.1, 0.15) is 47.0 Å². The molecule has 0 saturated heterocycles. The van der Waals surface area contributed by atoms with Crippen LogP contribution in [0.3, 0.4) is 0 Å². The number of amides is 1. The molecule has 0 aliphatic heterocycles. The van der Waals surface area contributed by atoms with Gasteiger partial charge in [0, 0.05) is 5.41 Å². The third kappa shape index (κ3) is 3.83. The number of carbonyl (C=O) groups is 2. The number of ketones is 1. The van der Waals surface area contributed by atoms with Gasteiger partial charge in [0.1, 0.15) is 0 Å². The molecule has 16 heavy (non-hydrogen) atoms. The Bertz CT molecular complexity index is 253. The molecule has 4 nitrogen and oxygen atoms in total. The highest BCUT2D eigenvalue weighted by atomic mass is 16.5. The number of ether oxygens (including phenoxy) is 1. The van der Waals surface area contributed by atoms with Gasteiger partial charge < -0.3 is 10.1 Å². The van der Waals surface area contributed by atoms with Gasteiger partial charge in [-0.2, -0.15) is 0 Å². The summed E-state index contributed by atoms with van der Waals surface area (Å²) in [5.74, 6) is 0.0715. The van der Waals surface area contributed by atoms with Crippen LogP contribution >= 0.6 is 0 Å². The number of methoxy groups -OCH3 is 1. The van der Waals surface area contributed by atoms with Gasteiger partial charge in [-0.05, 0) is 19.8 Å². The maximum atomic E-state index is 12.2. The van der Waals surface area contributed by atoms with E-state index in [0.717, 1.165) is 19.3 Å².